The third-order valence-electron chi connectivity index (χ3n) is 6.34. The fourth-order valence-corrected chi connectivity index (χ4v) is 5.31. The lowest BCUT2D eigenvalue weighted by Crippen LogP contribution is -2.73. The molecule has 10 heteroatoms. The zero-order valence-electron chi connectivity index (χ0n) is 18.6. The number of pyridine rings is 1. The van der Waals surface area contributed by atoms with Gasteiger partial charge in [-0.2, -0.15) is 13.2 Å². The molecule has 5 rings (SSSR count). The summed E-state index contributed by atoms with van der Waals surface area (Å²) in [6, 6.07) is 16.5. The van der Waals surface area contributed by atoms with E-state index in [1.165, 1.54) is 12.1 Å². The van der Waals surface area contributed by atoms with Crippen molar-refractivity contribution in [2.75, 3.05) is 0 Å². The van der Waals surface area contributed by atoms with E-state index in [1.807, 2.05) is 0 Å². The lowest BCUT2D eigenvalue weighted by molar-refractivity contribution is -0.328. The highest BCUT2D eigenvalue weighted by Gasteiger charge is 2.70. The number of nitrogens with one attached hydrogen (secondary N) is 1. The number of aliphatic hydroxyl groups is 1. The van der Waals surface area contributed by atoms with Crippen LogP contribution < -0.4 is 5.32 Å². The molecule has 2 amide bonds. The van der Waals surface area contributed by atoms with Gasteiger partial charge in [-0.1, -0.05) is 48.5 Å². The molecule has 1 aliphatic rings. The van der Waals surface area contributed by atoms with Crippen molar-refractivity contribution in [3.63, 3.8) is 0 Å². The van der Waals surface area contributed by atoms with E-state index in [9.17, 15) is 27.9 Å². The Bertz CT molecular complexity index is 1410. The van der Waals surface area contributed by atoms with Crippen LogP contribution in [0.25, 0.3) is 10.9 Å². The van der Waals surface area contributed by atoms with Crippen molar-refractivity contribution in [2.45, 2.75) is 24.5 Å². The maximum absolute atomic E-state index is 14.8. The number of carbonyl (C=O) groups is 2. The first-order valence-corrected chi connectivity index (χ1v) is 11.9. The molecule has 4 aromatic rings. The summed E-state index contributed by atoms with van der Waals surface area (Å²) in [5.74, 6) is -2.99. The first-order valence-electron chi connectivity index (χ1n) is 11.0. The first-order chi connectivity index (χ1) is 17.2. The largest absolute Gasteiger partial charge is 0.437 e. The Kier molecular flexibility index (Phi) is 6.01. The van der Waals surface area contributed by atoms with E-state index in [0.717, 1.165) is 11.3 Å². The van der Waals surface area contributed by atoms with Gasteiger partial charge in [0.25, 0.3) is 5.72 Å². The minimum Gasteiger partial charge on any atom is -0.363 e. The van der Waals surface area contributed by atoms with E-state index in [4.69, 9.17) is 0 Å². The number of hydrogen-bond acceptors (Lipinski definition) is 5. The molecule has 6 nitrogen and oxygen atoms in total. The smallest absolute Gasteiger partial charge is 0.363 e. The van der Waals surface area contributed by atoms with E-state index in [0.29, 0.717) is 21.4 Å². The van der Waals surface area contributed by atoms with Gasteiger partial charge in [-0.3, -0.25) is 14.7 Å². The Morgan fingerprint density at radius 1 is 1.08 bits per heavy atom. The number of thiophene rings is 1. The average Bonchev–Trinajstić information content (AvgIpc) is 3.41. The Morgan fingerprint density at radius 2 is 1.86 bits per heavy atom. The van der Waals surface area contributed by atoms with E-state index < -0.39 is 42.2 Å². The number of Topliss-reactive ketones (excluding diaryl/α,β-unsaturated/α-hetero) is 1. The number of fused-ring (bicyclic) bond motifs is 1. The molecule has 2 aromatic heterocycles. The van der Waals surface area contributed by atoms with Crippen LogP contribution in [-0.2, 0) is 6.54 Å². The van der Waals surface area contributed by atoms with Gasteiger partial charge in [0.15, 0.2) is 5.78 Å². The molecular formula is C26H20F3N3O3S. The number of nitrogens with zero attached hydrogens (tertiary/aromatic N) is 2. The van der Waals surface area contributed by atoms with Crippen molar-refractivity contribution in [1.82, 2.24) is 15.2 Å². The number of rotatable bonds is 5. The average molecular weight is 512 g/mol. The highest BCUT2D eigenvalue weighted by atomic mass is 32.1. The molecule has 0 bridgehead atoms. The molecule has 1 aliphatic heterocycles. The summed E-state index contributed by atoms with van der Waals surface area (Å²) in [5, 5.41) is 16.3. The Morgan fingerprint density at radius 3 is 2.56 bits per heavy atom. The Hall–Kier alpha value is -3.76. The van der Waals surface area contributed by atoms with Gasteiger partial charge in [0, 0.05) is 11.6 Å². The number of urea groups is 1. The third kappa shape index (κ3) is 4.02. The lowest BCUT2D eigenvalue weighted by Gasteiger charge is -2.51. The van der Waals surface area contributed by atoms with Crippen molar-refractivity contribution in [1.29, 1.82) is 0 Å². The minimum absolute atomic E-state index is 0.0472. The van der Waals surface area contributed by atoms with Gasteiger partial charge in [0.2, 0.25) is 0 Å². The van der Waals surface area contributed by atoms with Crippen LogP contribution >= 0.6 is 11.3 Å². The number of benzene rings is 2. The standard InChI is InChI=1S/C26H20F3N3O3S/c27-26(28,29)25(35)21(23(33)20-9-5-13-36-20)22(18-10-11-19-17(14-18)8-4-12-30-19)31-24(34)32(25)15-16-6-2-1-3-7-16/h1-14,21-22,35H,15H2,(H,31,34)/t21-,22+,25+/m0/s1. The quantitative estimate of drug-likeness (QED) is 0.356. The van der Waals surface area contributed by atoms with Crippen LogP contribution in [0, 0.1) is 5.92 Å². The predicted octanol–water partition coefficient (Wildman–Crippen LogP) is 5.31. The van der Waals surface area contributed by atoms with Crippen LogP contribution in [0.1, 0.15) is 26.8 Å². The summed E-state index contributed by atoms with van der Waals surface area (Å²) < 4.78 is 44.4. The fraction of sp³-hybridized carbons (Fsp3) is 0.192. The number of alkyl halides is 3. The maximum Gasteiger partial charge on any atom is 0.437 e. The van der Waals surface area contributed by atoms with Gasteiger partial charge >= 0.3 is 12.2 Å². The lowest BCUT2D eigenvalue weighted by atomic mass is 9.77. The molecule has 1 fully saturated rings. The predicted molar refractivity (Wildman–Crippen MR) is 128 cm³/mol. The summed E-state index contributed by atoms with van der Waals surface area (Å²) >= 11 is 0.973. The van der Waals surface area contributed by atoms with E-state index in [-0.39, 0.29) is 10.4 Å². The van der Waals surface area contributed by atoms with Crippen LogP contribution in [0.15, 0.2) is 84.4 Å². The van der Waals surface area contributed by atoms with Gasteiger partial charge in [-0.25, -0.2) is 4.79 Å². The summed E-state index contributed by atoms with van der Waals surface area (Å²) in [5.41, 5.74) is -2.56. The first kappa shape index (κ1) is 24.0. The highest BCUT2D eigenvalue weighted by Crippen LogP contribution is 2.49. The number of halogens is 3. The molecule has 2 aromatic carbocycles. The summed E-state index contributed by atoms with van der Waals surface area (Å²) in [4.78, 5) is 31.4. The molecule has 1 saturated heterocycles. The van der Waals surface area contributed by atoms with Crippen LogP contribution in [0.5, 0.6) is 0 Å². The maximum atomic E-state index is 14.8. The Balaban J connectivity index is 1.68. The second-order valence-corrected chi connectivity index (χ2v) is 9.45. The van der Waals surface area contributed by atoms with Gasteiger partial charge in [0.05, 0.1) is 23.0 Å². The third-order valence-corrected chi connectivity index (χ3v) is 7.22. The normalized spacial score (nSPS) is 22.4. The molecule has 0 radical (unpaired) electrons. The van der Waals surface area contributed by atoms with Crippen molar-refractivity contribution in [3.05, 3.63) is 100 Å². The topological polar surface area (TPSA) is 82.5 Å². The second-order valence-electron chi connectivity index (χ2n) is 8.50. The van der Waals surface area contributed by atoms with Crippen LogP contribution in [-0.4, -0.2) is 38.7 Å². The molecule has 0 spiro atoms. The number of aromatic nitrogens is 1. The fourth-order valence-electron chi connectivity index (χ4n) is 4.61. The van der Waals surface area contributed by atoms with Crippen molar-refractivity contribution in [3.8, 4) is 0 Å². The van der Waals surface area contributed by atoms with Gasteiger partial charge in [0.1, 0.15) is 5.92 Å². The number of amides is 2. The van der Waals surface area contributed by atoms with Gasteiger partial charge in [-0.05, 0) is 40.8 Å². The van der Waals surface area contributed by atoms with Crippen LogP contribution in [0.3, 0.4) is 0 Å². The van der Waals surface area contributed by atoms with Crippen molar-refractivity contribution < 1.29 is 27.9 Å². The highest BCUT2D eigenvalue weighted by molar-refractivity contribution is 7.12. The zero-order chi connectivity index (χ0) is 25.5. The van der Waals surface area contributed by atoms with E-state index in [2.05, 4.69) is 10.3 Å². The van der Waals surface area contributed by atoms with Gasteiger partial charge in [-0.15, -0.1) is 11.3 Å². The number of hydrogen-bond donors (Lipinski definition) is 2. The molecule has 2 N–H and O–H groups in total. The summed E-state index contributed by atoms with van der Waals surface area (Å²) in [6.07, 6.45) is -3.76. The number of ketones is 1. The molecule has 0 aliphatic carbocycles. The second kappa shape index (κ2) is 9.03. The minimum atomic E-state index is -5.34. The van der Waals surface area contributed by atoms with Crippen molar-refractivity contribution in [2.24, 2.45) is 5.92 Å². The van der Waals surface area contributed by atoms with Crippen LogP contribution in [0.4, 0.5) is 18.0 Å². The Labute approximate surface area is 208 Å². The molecule has 0 unspecified atom stereocenters. The van der Waals surface area contributed by atoms with Crippen molar-refractivity contribution >= 4 is 34.1 Å². The number of carbonyl (C=O) groups excluding carboxylic acids is 2. The van der Waals surface area contributed by atoms with E-state index in [1.54, 1.807) is 72.2 Å². The van der Waals surface area contributed by atoms with E-state index >= 15 is 0 Å². The molecular weight excluding hydrogens is 491 g/mol. The SMILES string of the molecule is O=C(c1cccs1)[C@@H]1[C@@H](c2ccc3ncccc3c2)NC(=O)N(Cc2ccccc2)[C@]1(O)C(F)(F)F. The molecule has 184 valence electrons. The van der Waals surface area contributed by atoms with Gasteiger partial charge < -0.3 is 10.4 Å². The molecule has 36 heavy (non-hydrogen) atoms. The monoisotopic (exact) mass is 511 g/mol. The molecule has 3 atom stereocenters. The molecule has 3 heterocycles. The summed E-state index contributed by atoms with van der Waals surface area (Å²) in [6.45, 7) is -0.550. The molecule has 0 saturated carbocycles. The zero-order valence-corrected chi connectivity index (χ0v) is 19.5. The summed E-state index contributed by atoms with van der Waals surface area (Å²) in [7, 11) is 0. The van der Waals surface area contributed by atoms with Crippen LogP contribution in [0.2, 0.25) is 0 Å².